The second-order valence-corrected chi connectivity index (χ2v) is 4.66. The molecule has 8 nitrogen and oxygen atoms in total. The summed E-state index contributed by atoms with van der Waals surface area (Å²) in [7, 11) is 1.35. The fraction of sp³-hybridized carbons (Fsp3) is 0.500. The van der Waals surface area contributed by atoms with Gasteiger partial charge in [-0.15, -0.1) is 0 Å². The summed E-state index contributed by atoms with van der Waals surface area (Å²) in [6, 6.07) is 1.11. The van der Waals surface area contributed by atoms with Crippen molar-refractivity contribution < 1.29 is 23.5 Å². The van der Waals surface area contributed by atoms with Gasteiger partial charge in [0.25, 0.3) is 5.91 Å². The van der Waals surface area contributed by atoms with Crippen LogP contribution < -0.4 is 10.2 Å². The molecule has 0 radical (unpaired) electrons. The Balaban J connectivity index is 1.99. The first-order valence-corrected chi connectivity index (χ1v) is 6.94. The number of piperazine rings is 1. The van der Waals surface area contributed by atoms with E-state index in [-0.39, 0.29) is 23.5 Å². The highest BCUT2D eigenvalue weighted by molar-refractivity contribution is 5.91. The van der Waals surface area contributed by atoms with Gasteiger partial charge in [0.1, 0.15) is 6.26 Å². The van der Waals surface area contributed by atoms with Crippen LogP contribution in [0.4, 0.5) is 4.79 Å². The van der Waals surface area contributed by atoms with E-state index in [0.717, 1.165) is 12.3 Å². The van der Waals surface area contributed by atoms with Crippen LogP contribution >= 0.6 is 0 Å². The molecule has 120 valence electrons. The summed E-state index contributed by atoms with van der Waals surface area (Å²) in [5, 5.41) is 0. The van der Waals surface area contributed by atoms with Crippen molar-refractivity contribution in [3.63, 3.8) is 0 Å². The van der Waals surface area contributed by atoms with Crippen LogP contribution in [0.5, 0.6) is 5.75 Å². The highest BCUT2D eigenvalue weighted by Crippen LogP contribution is 2.11. The van der Waals surface area contributed by atoms with Gasteiger partial charge in [-0.05, 0) is 6.92 Å². The number of ether oxygens (including phenoxy) is 2. The monoisotopic (exact) mass is 310 g/mol. The van der Waals surface area contributed by atoms with Crippen molar-refractivity contribution in [2.75, 3.05) is 39.9 Å². The zero-order valence-electron chi connectivity index (χ0n) is 12.5. The predicted molar refractivity (Wildman–Crippen MR) is 76.0 cm³/mol. The van der Waals surface area contributed by atoms with Gasteiger partial charge in [0, 0.05) is 32.2 Å². The number of nitrogens with zero attached hydrogens (tertiary/aromatic N) is 2. The van der Waals surface area contributed by atoms with E-state index < -0.39 is 5.43 Å². The van der Waals surface area contributed by atoms with E-state index in [4.69, 9.17) is 13.9 Å². The van der Waals surface area contributed by atoms with Gasteiger partial charge in [-0.25, -0.2) is 4.79 Å². The SMILES string of the molecule is CCOC(=O)N1CCN(C(=O)c2cc(=O)c(OC)co2)CC1. The smallest absolute Gasteiger partial charge is 0.409 e. The van der Waals surface area contributed by atoms with Crippen LogP contribution in [-0.2, 0) is 4.74 Å². The molecule has 22 heavy (non-hydrogen) atoms. The minimum atomic E-state index is -0.415. The molecule has 0 atom stereocenters. The number of amides is 2. The molecule has 0 unspecified atom stereocenters. The minimum absolute atomic E-state index is 0.0451. The lowest BCUT2D eigenvalue weighted by Gasteiger charge is -2.33. The molecule has 1 fully saturated rings. The molecule has 8 heteroatoms. The molecule has 0 bridgehead atoms. The second kappa shape index (κ2) is 6.97. The van der Waals surface area contributed by atoms with Crippen molar-refractivity contribution in [3.8, 4) is 5.75 Å². The van der Waals surface area contributed by atoms with Gasteiger partial charge in [-0.2, -0.15) is 0 Å². The van der Waals surface area contributed by atoms with Crippen LogP contribution in [0.3, 0.4) is 0 Å². The van der Waals surface area contributed by atoms with Crippen LogP contribution in [0.15, 0.2) is 21.5 Å². The molecule has 0 aliphatic carbocycles. The van der Waals surface area contributed by atoms with Gasteiger partial charge >= 0.3 is 6.09 Å². The standard InChI is InChI=1S/C14H18N2O6/c1-3-21-14(19)16-6-4-15(5-7-16)13(18)11-8-10(17)12(20-2)9-22-11/h8-9H,3-7H2,1-2H3. The first-order valence-electron chi connectivity index (χ1n) is 6.94. The Bertz CT molecular complexity index is 604. The minimum Gasteiger partial charge on any atom is -0.490 e. The summed E-state index contributed by atoms with van der Waals surface area (Å²) < 4.78 is 14.8. The average molecular weight is 310 g/mol. The lowest BCUT2D eigenvalue weighted by molar-refractivity contribution is 0.0543. The lowest BCUT2D eigenvalue weighted by Crippen LogP contribution is -2.50. The van der Waals surface area contributed by atoms with Gasteiger partial charge in [0.05, 0.1) is 13.7 Å². The molecule has 0 spiro atoms. The third kappa shape index (κ3) is 3.38. The number of rotatable bonds is 3. The molecule has 0 N–H and O–H groups in total. The Kier molecular flexibility index (Phi) is 5.03. The van der Waals surface area contributed by atoms with Gasteiger partial charge in [-0.1, -0.05) is 0 Å². The van der Waals surface area contributed by atoms with Crippen molar-refractivity contribution in [1.82, 2.24) is 9.80 Å². The van der Waals surface area contributed by atoms with Crippen LogP contribution in [0.25, 0.3) is 0 Å². The molecular weight excluding hydrogens is 292 g/mol. The van der Waals surface area contributed by atoms with Crippen molar-refractivity contribution in [2.45, 2.75) is 6.92 Å². The Hall–Kier alpha value is -2.51. The molecule has 2 heterocycles. The third-order valence-electron chi connectivity index (χ3n) is 3.32. The first-order chi connectivity index (χ1) is 10.6. The Morgan fingerprint density at radius 2 is 1.86 bits per heavy atom. The van der Waals surface area contributed by atoms with Crippen LogP contribution in [0.1, 0.15) is 17.5 Å². The van der Waals surface area contributed by atoms with Crippen molar-refractivity contribution in [1.29, 1.82) is 0 Å². The Morgan fingerprint density at radius 1 is 1.23 bits per heavy atom. The molecular formula is C14H18N2O6. The Morgan fingerprint density at radius 3 is 2.41 bits per heavy atom. The van der Waals surface area contributed by atoms with E-state index in [1.54, 1.807) is 6.92 Å². The summed E-state index contributed by atoms with van der Waals surface area (Å²) in [5.74, 6) is -0.387. The number of methoxy groups -OCH3 is 1. The van der Waals surface area contributed by atoms with E-state index >= 15 is 0 Å². The number of hydrogen-bond acceptors (Lipinski definition) is 6. The third-order valence-corrected chi connectivity index (χ3v) is 3.32. The van der Waals surface area contributed by atoms with Crippen molar-refractivity contribution in [3.05, 3.63) is 28.3 Å². The van der Waals surface area contributed by atoms with Crippen molar-refractivity contribution >= 4 is 12.0 Å². The number of hydrogen-bond donors (Lipinski definition) is 0. The molecule has 0 saturated carbocycles. The molecule has 1 saturated heterocycles. The topological polar surface area (TPSA) is 89.3 Å². The molecule has 0 aromatic carbocycles. The van der Waals surface area contributed by atoms with Gasteiger partial charge < -0.3 is 23.7 Å². The van der Waals surface area contributed by atoms with Crippen LogP contribution in [-0.4, -0.2) is 61.7 Å². The van der Waals surface area contributed by atoms with Gasteiger partial charge in [-0.3, -0.25) is 9.59 Å². The van der Waals surface area contributed by atoms with E-state index in [9.17, 15) is 14.4 Å². The van der Waals surface area contributed by atoms with E-state index in [0.29, 0.717) is 32.8 Å². The predicted octanol–water partition coefficient (Wildman–Crippen LogP) is 0.563. The maximum atomic E-state index is 12.3. The maximum absolute atomic E-state index is 12.3. The first kappa shape index (κ1) is 15.9. The Labute approximate surface area is 127 Å². The zero-order chi connectivity index (χ0) is 16.1. The van der Waals surface area contributed by atoms with E-state index in [2.05, 4.69) is 0 Å². The van der Waals surface area contributed by atoms with E-state index in [1.807, 2.05) is 0 Å². The fourth-order valence-corrected chi connectivity index (χ4v) is 2.12. The van der Waals surface area contributed by atoms with Gasteiger partial charge in [0.15, 0.2) is 5.76 Å². The van der Waals surface area contributed by atoms with E-state index in [1.165, 1.54) is 16.9 Å². The number of carbonyl (C=O) groups excluding carboxylic acids is 2. The highest BCUT2D eigenvalue weighted by atomic mass is 16.6. The molecule has 2 amide bonds. The largest absolute Gasteiger partial charge is 0.490 e. The molecule has 1 aliphatic heterocycles. The summed E-state index contributed by atoms with van der Waals surface area (Å²) in [5.41, 5.74) is -0.415. The van der Waals surface area contributed by atoms with Crippen LogP contribution in [0, 0.1) is 0 Å². The zero-order valence-corrected chi connectivity index (χ0v) is 12.5. The van der Waals surface area contributed by atoms with Crippen LogP contribution in [0.2, 0.25) is 0 Å². The maximum Gasteiger partial charge on any atom is 0.409 e. The molecule has 1 aliphatic rings. The molecule has 2 rings (SSSR count). The molecule has 1 aromatic rings. The van der Waals surface area contributed by atoms with Crippen molar-refractivity contribution in [2.24, 2.45) is 0 Å². The summed E-state index contributed by atoms with van der Waals surface area (Å²) >= 11 is 0. The number of carbonyl (C=O) groups is 2. The highest BCUT2D eigenvalue weighted by Gasteiger charge is 2.26. The molecule has 1 aromatic heterocycles. The quantitative estimate of drug-likeness (QED) is 0.810. The normalized spacial score (nSPS) is 14.6. The van der Waals surface area contributed by atoms with Gasteiger partial charge in [0.2, 0.25) is 11.2 Å². The fourth-order valence-electron chi connectivity index (χ4n) is 2.12. The lowest BCUT2D eigenvalue weighted by atomic mass is 10.2. The summed E-state index contributed by atoms with van der Waals surface area (Å²) in [6.07, 6.45) is 0.732. The summed E-state index contributed by atoms with van der Waals surface area (Å²) in [6.45, 7) is 3.52. The summed E-state index contributed by atoms with van der Waals surface area (Å²) in [4.78, 5) is 38.6. The second-order valence-electron chi connectivity index (χ2n) is 4.66. The average Bonchev–Trinajstić information content (AvgIpc) is 2.54.